The minimum Gasteiger partial charge on any atom is -0.381 e. The van der Waals surface area contributed by atoms with Crippen LogP contribution in [0.3, 0.4) is 0 Å². The Labute approximate surface area is 88.1 Å². The number of anilines is 1. The van der Waals surface area contributed by atoms with E-state index >= 15 is 0 Å². The van der Waals surface area contributed by atoms with Crippen molar-refractivity contribution >= 4 is 17.4 Å². The number of rotatable bonds is 1. The van der Waals surface area contributed by atoms with E-state index in [1.165, 1.54) is 6.42 Å². The molecule has 0 amide bonds. The summed E-state index contributed by atoms with van der Waals surface area (Å²) in [5, 5.41) is 8.39. The van der Waals surface area contributed by atoms with E-state index in [-0.39, 0.29) is 0 Å². The van der Waals surface area contributed by atoms with Crippen molar-refractivity contribution in [3.05, 3.63) is 16.8 Å². The fraction of sp³-hybridized carbons (Fsp3) is 0.556. The molecule has 0 radical (unpaired) electrons. The first kappa shape index (κ1) is 9.68. The maximum Gasteiger partial charge on any atom is 0.164 e. The van der Waals surface area contributed by atoms with E-state index in [9.17, 15) is 0 Å². The summed E-state index contributed by atoms with van der Waals surface area (Å²) in [4.78, 5) is 2.26. The molecule has 1 aromatic heterocycles. The molecular weight excluding hydrogens is 200 g/mol. The van der Waals surface area contributed by atoms with Gasteiger partial charge in [-0.3, -0.25) is 4.90 Å². The smallest absolute Gasteiger partial charge is 0.164 e. The number of likely N-dealkylation sites (tertiary alicyclic amines) is 1. The molecule has 5 heteroatoms. The summed E-state index contributed by atoms with van der Waals surface area (Å²) in [7, 11) is 2.09. The second-order valence-electron chi connectivity index (χ2n) is 3.64. The zero-order valence-electron chi connectivity index (χ0n) is 8.07. The first-order chi connectivity index (χ1) is 6.68. The molecule has 4 nitrogen and oxygen atoms in total. The molecule has 2 heterocycles. The van der Waals surface area contributed by atoms with Crippen molar-refractivity contribution in [3.63, 3.8) is 0 Å². The van der Waals surface area contributed by atoms with E-state index < -0.39 is 0 Å². The zero-order chi connectivity index (χ0) is 10.1. The normalized spacial score (nSPS) is 22.9. The summed E-state index contributed by atoms with van der Waals surface area (Å²) in [6.07, 6.45) is 2.32. The average molecular weight is 213 g/mol. The number of nitrogens with two attached hydrogens (primary N) is 1. The van der Waals surface area contributed by atoms with Gasteiger partial charge in [-0.2, -0.15) is 5.10 Å². The topological polar surface area (TPSA) is 55.0 Å². The molecule has 1 atom stereocenters. The lowest BCUT2D eigenvalue weighted by Gasteiger charge is -2.18. The molecule has 0 spiro atoms. The standard InChI is InChI=1S/C9H13ClN4/c1-14-4-2-3-8(14)7-5-6(10)9(11)13-12-7/h5,8H,2-4H2,1H3,(H2,11,13). The van der Waals surface area contributed by atoms with Gasteiger partial charge in [0.25, 0.3) is 0 Å². The largest absolute Gasteiger partial charge is 0.381 e. The van der Waals surface area contributed by atoms with Crippen LogP contribution in [0.5, 0.6) is 0 Å². The number of hydrogen-bond donors (Lipinski definition) is 1. The Morgan fingerprint density at radius 3 is 2.93 bits per heavy atom. The van der Waals surface area contributed by atoms with Crippen molar-refractivity contribution in [1.82, 2.24) is 15.1 Å². The Hall–Kier alpha value is -0.870. The Morgan fingerprint density at radius 1 is 1.57 bits per heavy atom. The molecule has 1 aromatic rings. The van der Waals surface area contributed by atoms with Gasteiger partial charge in [-0.1, -0.05) is 11.6 Å². The van der Waals surface area contributed by atoms with Crippen LogP contribution in [0.1, 0.15) is 24.6 Å². The summed E-state index contributed by atoms with van der Waals surface area (Å²) >= 11 is 5.89. The van der Waals surface area contributed by atoms with Gasteiger partial charge in [0.1, 0.15) is 0 Å². The molecule has 1 fully saturated rings. The van der Waals surface area contributed by atoms with E-state index in [1.54, 1.807) is 0 Å². The Kier molecular flexibility index (Phi) is 2.56. The maximum atomic E-state index is 5.89. The molecule has 2 N–H and O–H groups in total. The molecule has 1 aliphatic rings. The van der Waals surface area contributed by atoms with Gasteiger partial charge in [0.2, 0.25) is 0 Å². The molecule has 14 heavy (non-hydrogen) atoms. The molecule has 2 rings (SSSR count). The lowest BCUT2D eigenvalue weighted by atomic mass is 10.1. The molecule has 1 saturated heterocycles. The third-order valence-electron chi connectivity index (χ3n) is 2.65. The second kappa shape index (κ2) is 3.71. The van der Waals surface area contributed by atoms with Gasteiger partial charge < -0.3 is 5.73 Å². The summed E-state index contributed by atoms with van der Waals surface area (Å²) in [6.45, 7) is 1.11. The monoisotopic (exact) mass is 212 g/mol. The van der Waals surface area contributed by atoms with Crippen LogP contribution in [-0.4, -0.2) is 28.7 Å². The average Bonchev–Trinajstić information content (AvgIpc) is 2.57. The molecule has 0 bridgehead atoms. The second-order valence-corrected chi connectivity index (χ2v) is 4.05. The summed E-state index contributed by atoms with van der Waals surface area (Å²) < 4.78 is 0. The predicted octanol–water partition coefficient (Wildman–Crippen LogP) is 1.48. The van der Waals surface area contributed by atoms with E-state index in [4.69, 9.17) is 17.3 Å². The number of nitrogens with zero attached hydrogens (tertiary/aromatic N) is 3. The molecular formula is C9H13ClN4. The van der Waals surface area contributed by atoms with E-state index in [1.807, 2.05) is 6.07 Å². The molecule has 0 aromatic carbocycles. The Balaban J connectivity index is 2.28. The fourth-order valence-corrected chi connectivity index (χ4v) is 1.99. The van der Waals surface area contributed by atoms with Crippen LogP contribution in [0.2, 0.25) is 5.02 Å². The minimum atomic E-state index is 0.302. The highest BCUT2D eigenvalue weighted by molar-refractivity contribution is 6.32. The van der Waals surface area contributed by atoms with E-state index in [0.29, 0.717) is 16.9 Å². The first-order valence-electron chi connectivity index (χ1n) is 4.67. The Bertz CT molecular complexity index is 342. The number of halogens is 1. The van der Waals surface area contributed by atoms with Crippen molar-refractivity contribution < 1.29 is 0 Å². The predicted molar refractivity (Wildman–Crippen MR) is 56.1 cm³/mol. The fourth-order valence-electron chi connectivity index (χ4n) is 1.84. The van der Waals surface area contributed by atoms with Crippen molar-refractivity contribution in [2.75, 3.05) is 19.3 Å². The van der Waals surface area contributed by atoms with E-state index in [2.05, 4.69) is 22.1 Å². The lowest BCUT2D eigenvalue weighted by molar-refractivity contribution is 0.310. The summed E-state index contributed by atoms with van der Waals surface area (Å²) in [6, 6.07) is 2.16. The lowest BCUT2D eigenvalue weighted by Crippen LogP contribution is -2.19. The van der Waals surface area contributed by atoms with Crippen LogP contribution in [-0.2, 0) is 0 Å². The summed E-state index contributed by atoms with van der Waals surface area (Å²) in [5.41, 5.74) is 6.42. The van der Waals surface area contributed by atoms with Gasteiger partial charge in [0.15, 0.2) is 5.82 Å². The van der Waals surface area contributed by atoms with Crippen LogP contribution in [0.15, 0.2) is 6.07 Å². The highest BCUT2D eigenvalue weighted by Crippen LogP contribution is 2.30. The van der Waals surface area contributed by atoms with Crippen LogP contribution >= 0.6 is 11.6 Å². The van der Waals surface area contributed by atoms with Crippen molar-refractivity contribution in [1.29, 1.82) is 0 Å². The highest BCUT2D eigenvalue weighted by atomic mass is 35.5. The van der Waals surface area contributed by atoms with Gasteiger partial charge in [-0.15, -0.1) is 5.10 Å². The van der Waals surface area contributed by atoms with Gasteiger partial charge in [0.05, 0.1) is 16.8 Å². The summed E-state index contributed by atoms with van der Waals surface area (Å²) in [5.74, 6) is 0.302. The molecule has 0 aliphatic carbocycles. The number of nitrogen functional groups attached to an aromatic ring is 1. The van der Waals surface area contributed by atoms with Gasteiger partial charge in [-0.05, 0) is 32.5 Å². The van der Waals surface area contributed by atoms with Crippen LogP contribution in [0.4, 0.5) is 5.82 Å². The molecule has 76 valence electrons. The third-order valence-corrected chi connectivity index (χ3v) is 2.96. The SMILES string of the molecule is CN1CCCC1c1cc(Cl)c(N)nn1. The Morgan fingerprint density at radius 2 is 2.36 bits per heavy atom. The van der Waals surface area contributed by atoms with Crippen LogP contribution in [0.25, 0.3) is 0 Å². The number of hydrogen-bond acceptors (Lipinski definition) is 4. The quantitative estimate of drug-likeness (QED) is 0.766. The third kappa shape index (κ3) is 1.67. The van der Waals surface area contributed by atoms with Gasteiger partial charge in [-0.25, -0.2) is 0 Å². The van der Waals surface area contributed by atoms with Crippen molar-refractivity contribution in [2.45, 2.75) is 18.9 Å². The first-order valence-corrected chi connectivity index (χ1v) is 5.05. The molecule has 1 aliphatic heterocycles. The molecule has 0 saturated carbocycles. The van der Waals surface area contributed by atoms with Crippen LogP contribution in [0, 0.1) is 0 Å². The number of aromatic nitrogens is 2. The minimum absolute atomic E-state index is 0.302. The molecule has 1 unspecified atom stereocenters. The van der Waals surface area contributed by atoms with Gasteiger partial charge in [0, 0.05) is 0 Å². The maximum absolute atomic E-state index is 5.89. The van der Waals surface area contributed by atoms with Crippen LogP contribution < -0.4 is 5.73 Å². The van der Waals surface area contributed by atoms with Crippen molar-refractivity contribution in [2.24, 2.45) is 0 Å². The van der Waals surface area contributed by atoms with E-state index in [0.717, 1.165) is 18.7 Å². The van der Waals surface area contributed by atoms with Crippen molar-refractivity contribution in [3.8, 4) is 0 Å². The highest BCUT2D eigenvalue weighted by Gasteiger charge is 2.24. The zero-order valence-corrected chi connectivity index (χ0v) is 8.83. The van der Waals surface area contributed by atoms with Gasteiger partial charge >= 0.3 is 0 Å².